The van der Waals surface area contributed by atoms with Crippen molar-refractivity contribution >= 4 is 34.9 Å². The third-order valence-corrected chi connectivity index (χ3v) is 7.27. The molecule has 2 aromatic heterocycles. The van der Waals surface area contributed by atoms with Crippen molar-refractivity contribution in [3.8, 4) is 0 Å². The summed E-state index contributed by atoms with van der Waals surface area (Å²) in [5.41, 5.74) is 3.42. The second-order valence-corrected chi connectivity index (χ2v) is 9.83. The molecule has 2 aliphatic rings. The number of anilines is 4. The zero-order chi connectivity index (χ0) is 24.4. The van der Waals surface area contributed by atoms with Crippen LogP contribution in [-0.4, -0.2) is 57.4 Å². The Morgan fingerprint density at radius 3 is 2.57 bits per heavy atom. The molecule has 0 spiro atoms. The van der Waals surface area contributed by atoms with E-state index < -0.39 is 0 Å². The summed E-state index contributed by atoms with van der Waals surface area (Å²) in [5.74, 6) is 1.30. The van der Waals surface area contributed by atoms with Crippen LogP contribution >= 0.6 is 11.6 Å². The second kappa shape index (κ2) is 10.5. The van der Waals surface area contributed by atoms with Gasteiger partial charge in [0.05, 0.1) is 25.1 Å². The normalized spacial score (nSPS) is 21.1. The van der Waals surface area contributed by atoms with Crippen LogP contribution in [0.1, 0.15) is 48.4 Å². The summed E-state index contributed by atoms with van der Waals surface area (Å²) >= 11 is 6.24. The van der Waals surface area contributed by atoms with Crippen LogP contribution in [0.2, 0.25) is 5.02 Å². The molecule has 1 aliphatic carbocycles. The number of hydrogen-bond acceptors (Lipinski definition) is 7. The molecule has 3 aromatic rings. The van der Waals surface area contributed by atoms with E-state index in [1.54, 1.807) is 6.07 Å². The summed E-state index contributed by atoms with van der Waals surface area (Å²) in [4.78, 5) is 11.2. The first kappa shape index (κ1) is 24.0. The Hall–Kier alpha value is -2.75. The van der Waals surface area contributed by atoms with Gasteiger partial charge in [0.2, 0.25) is 5.95 Å². The fourth-order valence-corrected chi connectivity index (χ4v) is 5.30. The number of benzene rings is 1. The molecule has 0 amide bonds. The SMILES string of the molecule is Cc1cc(Nc2nc(Nc3cc(C)c([C@H]4CC[C@@H](N5CCOCC5)CC4)cc3F)ncc2Cl)n[nH]1. The average molecular weight is 500 g/mol. The van der Waals surface area contributed by atoms with E-state index in [4.69, 9.17) is 16.3 Å². The van der Waals surface area contributed by atoms with Crippen molar-refractivity contribution in [1.82, 2.24) is 25.1 Å². The van der Waals surface area contributed by atoms with Gasteiger partial charge in [0, 0.05) is 30.9 Å². The van der Waals surface area contributed by atoms with Crippen molar-refractivity contribution in [1.29, 1.82) is 0 Å². The fourth-order valence-electron chi connectivity index (χ4n) is 5.17. The van der Waals surface area contributed by atoms with E-state index in [1.165, 1.54) is 6.20 Å². The van der Waals surface area contributed by atoms with E-state index in [0.717, 1.165) is 68.8 Å². The highest BCUT2D eigenvalue weighted by atomic mass is 35.5. The molecule has 10 heteroatoms. The first-order valence-corrected chi connectivity index (χ1v) is 12.5. The smallest absolute Gasteiger partial charge is 0.229 e. The van der Waals surface area contributed by atoms with Gasteiger partial charge in [-0.3, -0.25) is 10.00 Å². The lowest BCUT2D eigenvalue weighted by Gasteiger charge is -2.39. The summed E-state index contributed by atoms with van der Waals surface area (Å²) in [5, 5.41) is 13.4. The fraction of sp³-hybridized carbons (Fsp3) is 0.480. The van der Waals surface area contributed by atoms with Gasteiger partial charge in [-0.25, -0.2) is 9.37 Å². The number of nitrogens with zero attached hydrogens (tertiary/aromatic N) is 4. The Bertz CT molecular complexity index is 1170. The molecule has 8 nitrogen and oxygen atoms in total. The van der Waals surface area contributed by atoms with Gasteiger partial charge in [0.15, 0.2) is 11.6 Å². The predicted molar refractivity (Wildman–Crippen MR) is 135 cm³/mol. The molecule has 0 radical (unpaired) electrons. The van der Waals surface area contributed by atoms with Crippen LogP contribution < -0.4 is 10.6 Å². The molecular formula is C25H31ClFN7O. The lowest BCUT2D eigenvalue weighted by molar-refractivity contribution is 0.00728. The zero-order valence-corrected chi connectivity index (χ0v) is 20.8. The molecule has 0 unspecified atom stereocenters. The first-order valence-electron chi connectivity index (χ1n) is 12.2. The summed E-state index contributed by atoms with van der Waals surface area (Å²) in [6.07, 6.45) is 5.93. The summed E-state index contributed by atoms with van der Waals surface area (Å²) in [6.45, 7) is 7.65. The standard InChI is InChI=1S/C25H31ClFN7O/c1-15-11-22(29-25-28-14-20(26)24(31-25)30-23-12-16(2)32-33-23)21(27)13-19(15)17-3-5-18(6-4-17)34-7-9-35-10-8-34/h11-14,17-18H,3-10H2,1-2H3,(H3,28,29,30,31,32,33)/t17-,18+. The number of aromatic amines is 1. The third-order valence-electron chi connectivity index (χ3n) is 7.00. The Morgan fingerprint density at radius 2 is 1.86 bits per heavy atom. The minimum Gasteiger partial charge on any atom is -0.379 e. The molecule has 2 fully saturated rings. The van der Waals surface area contributed by atoms with E-state index >= 15 is 4.39 Å². The summed E-state index contributed by atoms with van der Waals surface area (Å²) in [6, 6.07) is 5.98. The van der Waals surface area contributed by atoms with E-state index in [2.05, 4.69) is 35.7 Å². The molecule has 1 saturated heterocycles. The number of H-pyrrole nitrogens is 1. The molecule has 35 heavy (non-hydrogen) atoms. The van der Waals surface area contributed by atoms with E-state index in [9.17, 15) is 0 Å². The second-order valence-electron chi connectivity index (χ2n) is 9.42. The van der Waals surface area contributed by atoms with Crippen LogP contribution in [-0.2, 0) is 4.74 Å². The van der Waals surface area contributed by atoms with Gasteiger partial charge in [-0.2, -0.15) is 10.1 Å². The first-order chi connectivity index (χ1) is 17.0. The average Bonchev–Trinajstić information content (AvgIpc) is 3.28. The third kappa shape index (κ3) is 5.58. The molecule has 186 valence electrons. The van der Waals surface area contributed by atoms with Crippen molar-refractivity contribution in [2.45, 2.75) is 51.5 Å². The highest BCUT2D eigenvalue weighted by Crippen LogP contribution is 2.38. The number of halogens is 2. The van der Waals surface area contributed by atoms with Crippen molar-refractivity contribution in [2.75, 3.05) is 36.9 Å². The van der Waals surface area contributed by atoms with Gasteiger partial charge in [-0.05, 0) is 68.7 Å². The Balaban J connectivity index is 1.26. The minimum absolute atomic E-state index is 0.251. The summed E-state index contributed by atoms with van der Waals surface area (Å²) < 4.78 is 20.7. The molecule has 3 N–H and O–H groups in total. The van der Waals surface area contributed by atoms with Crippen molar-refractivity contribution in [2.24, 2.45) is 0 Å². The number of rotatable bonds is 6. The highest BCUT2D eigenvalue weighted by Gasteiger charge is 2.28. The molecule has 1 aromatic carbocycles. The lowest BCUT2D eigenvalue weighted by atomic mass is 9.79. The van der Waals surface area contributed by atoms with Crippen LogP contribution in [0.15, 0.2) is 24.4 Å². The van der Waals surface area contributed by atoms with Gasteiger partial charge in [0.25, 0.3) is 0 Å². The van der Waals surface area contributed by atoms with Gasteiger partial charge in [-0.15, -0.1) is 0 Å². The Labute approximate surface area is 209 Å². The number of nitrogens with one attached hydrogen (secondary N) is 3. The van der Waals surface area contributed by atoms with E-state index in [0.29, 0.717) is 34.3 Å². The van der Waals surface area contributed by atoms with Gasteiger partial charge < -0.3 is 15.4 Å². The van der Waals surface area contributed by atoms with Crippen LogP contribution in [0.4, 0.5) is 27.7 Å². The molecule has 1 aliphatic heterocycles. The van der Waals surface area contributed by atoms with Gasteiger partial charge >= 0.3 is 0 Å². The largest absolute Gasteiger partial charge is 0.379 e. The maximum Gasteiger partial charge on any atom is 0.229 e. The molecule has 3 heterocycles. The highest BCUT2D eigenvalue weighted by molar-refractivity contribution is 6.32. The molecule has 5 rings (SSSR count). The van der Waals surface area contributed by atoms with Crippen LogP contribution in [0.25, 0.3) is 0 Å². The number of aryl methyl sites for hydroxylation is 2. The Kier molecular flexibility index (Phi) is 7.17. The number of hydrogen-bond donors (Lipinski definition) is 3. The van der Waals surface area contributed by atoms with Crippen LogP contribution in [0.5, 0.6) is 0 Å². The molecule has 0 bridgehead atoms. The lowest BCUT2D eigenvalue weighted by Crippen LogP contribution is -2.44. The van der Waals surface area contributed by atoms with Gasteiger partial charge in [-0.1, -0.05) is 11.6 Å². The summed E-state index contributed by atoms with van der Waals surface area (Å²) in [7, 11) is 0. The maximum atomic E-state index is 15.2. The van der Waals surface area contributed by atoms with E-state index in [-0.39, 0.29) is 11.8 Å². The molecular weight excluding hydrogens is 469 g/mol. The predicted octanol–water partition coefficient (Wildman–Crippen LogP) is 5.45. The minimum atomic E-state index is -0.308. The Morgan fingerprint density at radius 1 is 1.09 bits per heavy atom. The van der Waals surface area contributed by atoms with E-state index in [1.807, 2.05) is 26.0 Å². The number of morpholine rings is 1. The van der Waals surface area contributed by atoms with Gasteiger partial charge in [0.1, 0.15) is 10.8 Å². The topological polar surface area (TPSA) is 91.0 Å². The zero-order valence-electron chi connectivity index (χ0n) is 20.1. The van der Waals surface area contributed by atoms with Crippen molar-refractivity contribution in [3.05, 3.63) is 52.1 Å². The molecule has 1 saturated carbocycles. The van der Waals surface area contributed by atoms with Crippen molar-refractivity contribution in [3.63, 3.8) is 0 Å². The number of ether oxygens (including phenoxy) is 1. The van der Waals surface area contributed by atoms with Crippen LogP contribution in [0.3, 0.4) is 0 Å². The monoisotopic (exact) mass is 499 g/mol. The maximum absolute atomic E-state index is 15.2. The number of aromatic nitrogens is 4. The molecule has 0 atom stereocenters. The van der Waals surface area contributed by atoms with Crippen molar-refractivity contribution < 1.29 is 9.13 Å². The van der Waals surface area contributed by atoms with Crippen LogP contribution in [0, 0.1) is 19.7 Å². The quantitative estimate of drug-likeness (QED) is 0.415.